The van der Waals surface area contributed by atoms with Gasteiger partial charge in [0.2, 0.25) is 0 Å². The first-order valence-electron chi connectivity index (χ1n) is 9.27. The number of carbonyl (C=O) groups excluding carboxylic acids is 1. The third kappa shape index (κ3) is 4.57. The summed E-state index contributed by atoms with van der Waals surface area (Å²) in [7, 11) is 4.81. The van der Waals surface area contributed by atoms with Gasteiger partial charge in [0.1, 0.15) is 17.2 Å². The van der Waals surface area contributed by atoms with Crippen molar-refractivity contribution in [2.75, 3.05) is 33.2 Å². The Kier molecular flexibility index (Phi) is 6.42. The Labute approximate surface area is 165 Å². The van der Waals surface area contributed by atoms with E-state index in [9.17, 15) is 4.79 Å². The minimum atomic E-state index is -0.290. The average molecular weight is 382 g/mol. The monoisotopic (exact) mass is 382 g/mol. The highest BCUT2D eigenvalue weighted by Gasteiger charge is 2.15. The van der Waals surface area contributed by atoms with Gasteiger partial charge < -0.3 is 24.8 Å². The minimum Gasteiger partial charge on any atom is -0.497 e. The molecule has 0 saturated carbocycles. The number of benzene rings is 2. The molecule has 0 spiro atoms. The summed E-state index contributed by atoms with van der Waals surface area (Å²) in [6, 6.07) is 11.1. The summed E-state index contributed by atoms with van der Waals surface area (Å²) in [6.07, 6.45) is 5.25. The summed E-state index contributed by atoms with van der Waals surface area (Å²) in [5.74, 6) is 2.06. The van der Waals surface area contributed by atoms with E-state index in [0.717, 1.165) is 25.0 Å². The normalized spacial score (nSPS) is 14.2. The van der Waals surface area contributed by atoms with E-state index in [1.54, 1.807) is 39.5 Å². The summed E-state index contributed by atoms with van der Waals surface area (Å²) in [6.45, 7) is 0.441. The van der Waals surface area contributed by atoms with Gasteiger partial charge in [0.15, 0.2) is 0 Å². The SMILES string of the molecule is COc1ccc(NC(=O)NC/C=C2/CCCc3ccc(OC)cc32)c(OC)c1. The molecule has 0 saturated heterocycles. The van der Waals surface area contributed by atoms with Crippen LogP contribution in [0.2, 0.25) is 0 Å². The Morgan fingerprint density at radius 3 is 2.50 bits per heavy atom. The van der Waals surface area contributed by atoms with Gasteiger partial charge in [-0.2, -0.15) is 0 Å². The van der Waals surface area contributed by atoms with Crippen LogP contribution >= 0.6 is 0 Å². The molecule has 0 radical (unpaired) electrons. The smallest absolute Gasteiger partial charge is 0.319 e. The van der Waals surface area contributed by atoms with Crippen LogP contribution in [0, 0.1) is 0 Å². The molecule has 0 heterocycles. The van der Waals surface area contributed by atoms with Gasteiger partial charge in [-0.15, -0.1) is 0 Å². The van der Waals surface area contributed by atoms with Gasteiger partial charge in [-0.05, 0) is 60.2 Å². The topological polar surface area (TPSA) is 68.8 Å². The molecule has 2 N–H and O–H groups in total. The van der Waals surface area contributed by atoms with Crippen molar-refractivity contribution in [3.05, 3.63) is 53.6 Å². The Hall–Kier alpha value is -3.15. The van der Waals surface area contributed by atoms with Crippen LogP contribution in [0.25, 0.3) is 5.57 Å². The van der Waals surface area contributed by atoms with E-state index in [-0.39, 0.29) is 6.03 Å². The molecule has 0 aromatic heterocycles. The van der Waals surface area contributed by atoms with Gasteiger partial charge in [-0.3, -0.25) is 0 Å². The Balaban J connectivity index is 1.63. The Bertz CT molecular complexity index is 877. The molecule has 6 heteroatoms. The molecule has 6 nitrogen and oxygen atoms in total. The first-order valence-corrected chi connectivity index (χ1v) is 9.27. The lowest BCUT2D eigenvalue weighted by Gasteiger charge is -2.20. The summed E-state index contributed by atoms with van der Waals surface area (Å²) < 4.78 is 15.8. The molecule has 148 valence electrons. The quantitative estimate of drug-likeness (QED) is 0.784. The second-order valence-electron chi connectivity index (χ2n) is 6.51. The van der Waals surface area contributed by atoms with Crippen LogP contribution in [-0.2, 0) is 6.42 Å². The summed E-state index contributed by atoms with van der Waals surface area (Å²) >= 11 is 0. The predicted octanol–water partition coefficient (Wildman–Crippen LogP) is 4.25. The molecule has 0 unspecified atom stereocenters. The van der Waals surface area contributed by atoms with Crippen LogP contribution < -0.4 is 24.8 Å². The molecule has 0 aliphatic heterocycles. The van der Waals surface area contributed by atoms with Crippen molar-refractivity contribution in [2.45, 2.75) is 19.3 Å². The largest absolute Gasteiger partial charge is 0.497 e. The highest BCUT2D eigenvalue weighted by Crippen LogP contribution is 2.33. The van der Waals surface area contributed by atoms with Gasteiger partial charge in [0.25, 0.3) is 0 Å². The van der Waals surface area contributed by atoms with Crippen molar-refractivity contribution in [3.63, 3.8) is 0 Å². The van der Waals surface area contributed by atoms with Crippen LogP contribution in [0.4, 0.5) is 10.5 Å². The molecule has 28 heavy (non-hydrogen) atoms. The number of allylic oxidation sites excluding steroid dienone is 1. The zero-order valence-corrected chi connectivity index (χ0v) is 16.5. The number of ether oxygens (including phenoxy) is 3. The fraction of sp³-hybridized carbons (Fsp3) is 0.318. The fourth-order valence-corrected chi connectivity index (χ4v) is 3.35. The van der Waals surface area contributed by atoms with E-state index in [0.29, 0.717) is 23.7 Å². The molecular weight excluding hydrogens is 356 g/mol. The third-order valence-electron chi connectivity index (χ3n) is 4.82. The zero-order valence-electron chi connectivity index (χ0n) is 16.5. The molecule has 0 fully saturated rings. The highest BCUT2D eigenvalue weighted by molar-refractivity contribution is 5.91. The molecule has 3 rings (SSSR count). The number of hydrogen-bond donors (Lipinski definition) is 2. The van der Waals surface area contributed by atoms with E-state index < -0.39 is 0 Å². The van der Waals surface area contributed by atoms with Crippen LogP contribution in [0.1, 0.15) is 24.0 Å². The average Bonchev–Trinajstić information content (AvgIpc) is 2.73. The number of aryl methyl sites for hydroxylation is 1. The molecule has 1 aliphatic rings. The van der Waals surface area contributed by atoms with E-state index in [2.05, 4.69) is 28.8 Å². The Morgan fingerprint density at radius 1 is 1.00 bits per heavy atom. The number of nitrogens with one attached hydrogen (secondary N) is 2. The van der Waals surface area contributed by atoms with Gasteiger partial charge in [-0.1, -0.05) is 12.1 Å². The minimum absolute atomic E-state index is 0.290. The summed E-state index contributed by atoms with van der Waals surface area (Å²) in [5, 5.41) is 5.68. The number of urea groups is 1. The maximum absolute atomic E-state index is 12.3. The molecule has 1 aliphatic carbocycles. The number of anilines is 1. The number of carbonyl (C=O) groups is 1. The number of hydrogen-bond acceptors (Lipinski definition) is 4. The molecule has 2 amide bonds. The van der Waals surface area contributed by atoms with Crippen molar-refractivity contribution in [2.24, 2.45) is 0 Å². The first kappa shape index (κ1) is 19.6. The van der Waals surface area contributed by atoms with Crippen LogP contribution in [0.5, 0.6) is 17.2 Å². The maximum atomic E-state index is 12.3. The number of rotatable bonds is 6. The van der Waals surface area contributed by atoms with Gasteiger partial charge in [-0.25, -0.2) is 4.79 Å². The lowest BCUT2D eigenvalue weighted by atomic mass is 9.87. The lowest BCUT2D eigenvalue weighted by Crippen LogP contribution is -2.29. The molecule has 0 atom stereocenters. The van der Waals surface area contributed by atoms with Crippen molar-refractivity contribution < 1.29 is 19.0 Å². The van der Waals surface area contributed by atoms with Gasteiger partial charge in [0, 0.05) is 12.6 Å². The highest BCUT2D eigenvalue weighted by atomic mass is 16.5. The third-order valence-corrected chi connectivity index (χ3v) is 4.82. The van der Waals surface area contributed by atoms with Crippen molar-refractivity contribution >= 4 is 17.3 Å². The van der Waals surface area contributed by atoms with Crippen molar-refractivity contribution in [3.8, 4) is 17.2 Å². The van der Waals surface area contributed by atoms with Crippen LogP contribution in [0.3, 0.4) is 0 Å². The van der Waals surface area contributed by atoms with E-state index in [4.69, 9.17) is 14.2 Å². The summed E-state index contributed by atoms with van der Waals surface area (Å²) in [4.78, 5) is 12.3. The van der Waals surface area contributed by atoms with Crippen molar-refractivity contribution in [1.82, 2.24) is 5.32 Å². The molecule has 2 aromatic carbocycles. The van der Waals surface area contributed by atoms with Crippen molar-refractivity contribution in [1.29, 1.82) is 0 Å². The first-order chi connectivity index (χ1) is 13.6. The lowest BCUT2D eigenvalue weighted by molar-refractivity contribution is 0.253. The number of methoxy groups -OCH3 is 3. The molecule has 0 bridgehead atoms. The number of amides is 2. The maximum Gasteiger partial charge on any atom is 0.319 e. The standard InChI is InChI=1S/C22H26N2O4/c1-26-17-8-7-15-5-4-6-16(19(15)13-17)11-12-23-22(25)24-20-10-9-18(27-2)14-21(20)28-3/h7-11,13-14H,4-6,12H2,1-3H3,(H2,23,24,25)/b16-11-. The second kappa shape index (κ2) is 9.17. The van der Waals surface area contributed by atoms with E-state index >= 15 is 0 Å². The van der Waals surface area contributed by atoms with E-state index in [1.807, 2.05) is 6.07 Å². The fourth-order valence-electron chi connectivity index (χ4n) is 3.35. The Morgan fingerprint density at radius 2 is 1.75 bits per heavy atom. The van der Waals surface area contributed by atoms with Crippen LogP contribution in [0.15, 0.2) is 42.5 Å². The number of fused-ring (bicyclic) bond motifs is 1. The summed E-state index contributed by atoms with van der Waals surface area (Å²) in [5.41, 5.74) is 4.36. The van der Waals surface area contributed by atoms with Crippen LogP contribution in [-0.4, -0.2) is 33.9 Å². The zero-order chi connectivity index (χ0) is 19.9. The molecule has 2 aromatic rings. The van der Waals surface area contributed by atoms with Gasteiger partial charge >= 0.3 is 6.03 Å². The van der Waals surface area contributed by atoms with E-state index in [1.165, 1.54) is 16.7 Å². The van der Waals surface area contributed by atoms with Gasteiger partial charge in [0.05, 0.1) is 27.0 Å². The predicted molar refractivity (Wildman–Crippen MR) is 110 cm³/mol. The second-order valence-corrected chi connectivity index (χ2v) is 6.51. The molecular formula is C22H26N2O4.